The monoisotopic (exact) mass is 265 g/mol. The molecule has 1 aliphatic rings. The van der Waals surface area contributed by atoms with Gasteiger partial charge in [0, 0.05) is 0 Å². The molecule has 0 bridgehead atoms. The predicted molar refractivity (Wildman–Crippen MR) is 69.7 cm³/mol. The molecule has 1 unspecified atom stereocenters. The van der Waals surface area contributed by atoms with Crippen LogP contribution in [0.3, 0.4) is 0 Å². The number of hydrogen-bond donors (Lipinski definition) is 1. The second kappa shape index (κ2) is 4.41. The number of halogens is 1. The van der Waals surface area contributed by atoms with Crippen molar-refractivity contribution < 1.29 is 5.11 Å². The predicted octanol–water partition coefficient (Wildman–Crippen LogP) is 3.37. The third kappa shape index (κ3) is 2.10. The van der Waals surface area contributed by atoms with Crippen LogP contribution in [0.25, 0.3) is 0 Å². The van der Waals surface area contributed by atoms with Gasteiger partial charge in [-0.15, -0.1) is 11.3 Å². The van der Waals surface area contributed by atoms with Gasteiger partial charge >= 0.3 is 0 Å². The molecule has 2 nitrogen and oxygen atoms in total. The normalized spacial score (nSPS) is 15.9. The van der Waals surface area contributed by atoms with Crippen LogP contribution < -0.4 is 0 Å². The molecule has 1 aromatic carbocycles. The van der Waals surface area contributed by atoms with Crippen LogP contribution in [0.15, 0.2) is 24.4 Å². The first-order valence-electron chi connectivity index (χ1n) is 5.65. The lowest BCUT2D eigenvalue weighted by Gasteiger charge is -2.09. The van der Waals surface area contributed by atoms with Gasteiger partial charge < -0.3 is 5.11 Å². The van der Waals surface area contributed by atoms with E-state index < -0.39 is 6.10 Å². The van der Waals surface area contributed by atoms with Crippen molar-refractivity contribution in [3.63, 3.8) is 0 Å². The average Bonchev–Trinajstić information content (AvgIpc) is 2.95. The minimum Gasteiger partial charge on any atom is -0.381 e. The Labute approximate surface area is 109 Å². The van der Waals surface area contributed by atoms with Crippen molar-refractivity contribution in [2.75, 3.05) is 0 Å². The van der Waals surface area contributed by atoms with Crippen LogP contribution in [0.4, 0.5) is 0 Å². The fourth-order valence-electron chi connectivity index (χ4n) is 2.30. The molecule has 1 aliphatic carbocycles. The van der Waals surface area contributed by atoms with Gasteiger partial charge in [-0.2, -0.15) is 0 Å². The van der Waals surface area contributed by atoms with Crippen LogP contribution in [0, 0.1) is 0 Å². The van der Waals surface area contributed by atoms with E-state index in [4.69, 9.17) is 11.6 Å². The summed E-state index contributed by atoms with van der Waals surface area (Å²) >= 11 is 7.16. The second-order valence-corrected chi connectivity index (χ2v) is 5.98. The molecule has 1 atom stereocenters. The van der Waals surface area contributed by atoms with Gasteiger partial charge in [0.05, 0.1) is 6.20 Å². The number of aliphatic hydroxyl groups is 1. The van der Waals surface area contributed by atoms with Crippen molar-refractivity contribution in [1.82, 2.24) is 4.98 Å². The first-order chi connectivity index (χ1) is 8.24. The van der Waals surface area contributed by atoms with Gasteiger partial charge in [-0.05, 0) is 36.0 Å². The Morgan fingerprint density at radius 2 is 2.12 bits per heavy atom. The standard InChI is InChI=1S/C13H12ClNOS/c14-11-7-15-13(17-11)12(16)10-5-4-8-2-1-3-9(8)6-10/h4-7,12,16H,1-3H2. The molecule has 17 heavy (non-hydrogen) atoms. The highest BCUT2D eigenvalue weighted by Crippen LogP contribution is 2.31. The molecule has 0 fully saturated rings. The maximum Gasteiger partial charge on any atom is 0.131 e. The summed E-state index contributed by atoms with van der Waals surface area (Å²) < 4.78 is 0.611. The molecule has 1 heterocycles. The molecule has 1 aromatic heterocycles. The van der Waals surface area contributed by atoms with E-state index in [9.17, 15) is 5.11 Å². The Balaban J connectivity index is 1.94. The first-order valence-corrected chi connectivity index (χ1v) is 6.84. The molecule has 3 rings (SSSR count). The molecule has 88 valence electrons. The van der Waals surface area contributed by atoms with E-state index >= 15 is 0 Å². The summed E-state index contributed by atoms with van der Waals surface area (Å²) in [5, 5.41) is 10.9. The minimum atomic E-state index is -0.654. The van der Waals surface area contributed by atoms with Crippen LogP contribution in [0.1, 0.15) is 34.2 Å². The van der Waals surface area contributed by atoms with Crippen molar-refractivity contribution >= 4 is 22.9 Å². The van der Waals surface area contributed by atoms with Crippen molar-refractivity contribution in [1.29, 1.82) is 0 Å². The topological polar surface area (TPSA) is 33.1 Å². The summed E-state index contributed by atoms with van der Waals surface area (Å²) in [5.74, 6) is 0. The zero-order valence-corrected chi connectivity index (χ0v) is 10.8. The molecule has 0 saturated carbocycles. The molecule has 0 amide bonds. The number of nitrogens with zero attached hydrogens (tertiary/aromatic N) is 1. The molecule has 0 saturated heterocycles. The second-order valence-electron chi connectivity index (χ2n) is 4.29. The average molecular weight is 266 g/mol. The number of fused-ring (bicyclic) bond motifs is 1. The third-order valence-corrected chi connectivity index (χ3v) is 4.33. The van der Waals surface area contributed by atoms with Gasteiger partial charge in [0.2, 0.25) is 0 Å². The largest absolute Gasteiger partial charge is 0.381 e. The Kier molecular flexibility index (Phi) is 2.90. The number of aryl methyl sites for hydroxylation is 2. The van der Waals surface area contributed by atoms with Gasteiger partial charge in [0.25, 0.3) is 0 Å². The lowest BCUT2D eigenvalue weighted by atomic mass is 10.0. The van der Waals surface area contributed by atoms with Crippen molar-refractivity contribution in [2.24, 2.45) is 0 Å². The molecular formula is C13H12ClNOS. The van der Waals surface area contributed by atoms with Crippen molar-refractivity contribution in [2.45, 2.75) is 25.4 Å². The van der Waals surface area contributed by atoms with E-state index in [2.05, 4.69) is 17.1 Å². The Morgan fingerprint density at radius 3 is 2.88 bits per heavy atom. The summed E-state index contributed by atoms with van der Waals surface area (Å²) in [6, 6.07) is 6.21. The quantitative estimate of drug-likeness (QED) is 0.903. The Bertz CT molecular complexity index is 552. The summed E-state index contributed by atoms with van der Waals surface area (Å²) in [6.45, 7) is 0. The number of aromatic nitrogens is 1. The van der Waals surface area contributed by atoms with E-state index in [1.54, 1.807) is 6.20 Å². The molecule has 0 spiro atoms. The van der Waals surface area contributed by atoms with E-state index in [-0.39, 0.29) is 0 Å². The van der Waals surface area contributed by atoms with Crippen molar-refractivity contribution in [3.05, 3.63) is 50.4 Å². The summed E-state index contributed by atoms with van der Waals surface area (Å²) in [7, 11) is 0. The van der Waals surface area contributed by atoms with E-state index in [0.717, 1.165) is 18.4 Å². The molecule has 0 radical (unpaired) electrons. The van der Waals surface area contributed by atoms with Gasteiger partial charge in [-0.25, -0.2) is 4.98 Å². The Morgan fingerprint density at radius 1 is 1.29 bits per heavy atom. The number of benzene rings is 1. The molecular weight excluding hydrogens is 254 g/mol. The number of hydrogen-bond acceptors (Lipinski definition) is 3. The van der Waals surface area contributed by atoms with E-state index in [1.165, 1.54) is 28.9 Å². The van der Waals surface area contributed by atoms with Crippen LogP contribution in [0.5, 0.6) is 0 Å². The fraction of sp³-hybridized carbons (Fsp3) is 0.308. The first kappa shape index (κ1) is 11.2. The van der Waals surface area contributed by atoms with Gasteiger partial charge in [0.1, 0.15) is 15.4 Å². The van der Waals surface area contributed by atoms with E-state index in [1.807, 2.05) is 6.07 Å². The molecule has 4 heteroatoms. The zero-order chi connectivity index (χ0) is 11.8. The van der Waals surface area contributed by atoms with E-state index in [0.29, 0.717) is 9.34 Å². The van der Waals surface area contributed by atoms with Crippen LogP contribution in [-0.2, 0) is 12.8 Å². The number of aliphatic hydroxyl groups excluding tert-OH is 1. The highest BCUT2D eigenvalue weighted by molar-refractivity contribution is 7.15. The highest BCUT2D eigenvalue weighted by atomic mass is 35.5. The summed E-state index contributed by atoms with van der Waals surface area (Å²) in [6.07, 6.45) is 4.43. The number of thiazole rings is 1. The summed E-state index contributed by atoms with van der Waals surface area (Å²) in [5.41, 5.74) is 3.69. The Hall–Kier alpha value is -0.900. The zero-order valence-electron chi connectivity index (χ0n) is 9.19. The van der Waals surface area contributed by atoms with Crippen LogP contribution in [-0.4, -0.2) is 10.1 Å². The lowest BCUT2D eigenvalue weighted by molar-refractivity contribution is 0.219. The SMILES string of the molecule is OC(c1ccc2c(c1)CCC2)c1ncc(Cl)s1. The molecule has 1 N–H and O–H groups in total. The van der Waals surface area contributed by atoms with Crippen LogP contribution in [0.2, 0.25) is 4.34 Å². The lowest BCUT2D eigenvalue weighted by Crippen LogP contribution is -1.99. The van der Waals surface area contributed by atoms with Crippen molar-refractivity contribution in [3.8, 4) is 0 Å². The highest BCUT2D eigenvalue weighted by Gasteiger charge is 2.17. The minimum absolute atomic E-state index is 0.611. The van der Waals surface area contributed by atoms with Gasteiger partial charge in [0.15, 0.2) is 0 Å². The summed E-state index contributed by atoms with van der Waals surface area (Å²) in [4.78, 5) is 4.12. The van der Waals surface area contributed by atoms with Crippen LogP contribution >= 0.6 is 22.9 Å². The third-order valence-electron chi connectivity index (χ3n) is 3.17. The fourth-order valence-corrected chi connectivity index (χ4v) is 3.24. The molecule has 2 aromatic rings. The van der Waals surface area contributed by atoms with Gasteiger partial charge in [-0.1, -0.05) is 29.8 Å². The maximum atomic E-state index is 10.2. The van der Waals surface area contributed by atoms with Gasteiger partial charge in [-0.3, -0.25) is 0 Å². The molecule has 0 aliphatic heterocycles. The number of rotatable bonds is 2. The maximum absolute atomic E-state index is 10.2. The smallest absolute Gasteiger partial charge is 0.131 e.